The Morgan fingerprint density at radius 3 is 2.71 bits per heavy atom. The lowest BCUT2D eigenvalue weighted by Gasteiger charge is -2.27. The van der Waals surface area contributed by atoms with Crippen LogP contribution in [0.2, 0.25) is 5.02 Å². The zero-order chi connectivity index (χ0) is 19.3. The number of aromatic nitrogens is 5. The van der Waals surface area contributed by atoms with Gasteiger partial charge in [-0.15, -0.1) is 0 Å². The first-order valence-electron chi connectivity index (χ1n) is 9.10. The molecule has 1 saturated heterocycles. The quantitative estimate of drug-likeness (QED) is 0.610. The number of halogens is 1. The first kappa shape index (κ1) is 18.4. The van der Waals surface area contributed by atoms with Crippen molar-refractivity contribution >= 4 is 41.5 Å². The van der Waals surface area contributed by atoms with Gasteiger partial charge < -0.3 is 15.5 Å². The van der Waals surface area contributed by atoms with Crippen molar-refractivity contribution in [2.24, 2.45) is 0 Å². The van der Waals surface area contributed by atoms with E-state index in [0.717, 1.165) is 37.4 Å². The monoisotopic (exact) mass is 396 g/mol. The second-order valence-corrected chi connectivity index (χ2v) is 6.94. The fourth-order valence-electron chi connectivity index (χ4n) is 2.90. The standard InChI is InChI=1S/C19H21ClN8/c1-13-11-17(27-26-13)23-18-22-16(6-5-14-3-2-4-15(20)12-14)24-19(25-18)28-9-7-21-8-10-28/h2-6,11-12,21H,7-10H2,1H3,(H2,22,23,24,25,26,27)/b6-5+. The zero-order valence-corrected chi connectivity index (χ0v) is 16.2. The fourth-order valence-corrected chi connectivity index (χ4v) is 3.09. The number of hydrogen-bond donors (Lipinski definition) is 3. The molecule has 28 heavy (non-hydrogen) atoms. The van der Waals surface area contributed by atoms with E-state index >= 15 is 0 Å². The number of benzene rings is 1. The third-order valence-electron chi connectivity index (χ3n) is 4.26. The van der Waals surface area contributed by atoms with Crippen LogP contribution >= 0.6 is 11.6 Å². The van der Waals surface area contributed by atoms with E-state index in [0.29, 0.717) is 28.6 Å². The smallest absolute Gasteiger partial charge is 0.233 e. The molecule has 1 aliphatic rings. The van der Waals surface area contributed by atoms with Crippen molar-refractivity contribution in [3.8, 4) is 0 Å². The molecule has 0 saturated carbocycles. The number of nitrogens with zero attached hydrogens (tertiary/aromatic N) is 5. The highest BCUT2D eigenvalue weighted by atomic mass is 35.5. The van der Waals surface area contributed by atoms with Crippen molar-refractivity contribution in [3.63, 3.8) is 0 Å². The topological polar surface area (TPSA) is 94.7 Å². The molecule has 1 fully saturated rings. The average Bonchev–Trinajstić information content (AvgIpc) is 3.11. The Morgan fingerprint density at radius 2 is 1.96 bits per heavy atom. The normalized spacial score (nSPS) is 14.6. The number of rotatable bonds is 5. The third-order valence-corrected chi connectivity index (χ3v) is 4.50. The highest BCUT2D eigenvalue weighted by molar-refractivity contribution is 6.30. The summed E-state index contributed by atoms with van der Waals surface area (Å²) in [6.45, 7) is 5.45. The summed E-state index contributed by atoms with van der Waals surface area (Å²) in [5, 5.41) is 14.3. The van der Waals surface area contributed by atoms with Crippen molar-refractivity contribution in [1.29, 1.82) is 0 Å². The number of nitrogens with one attached hydrogen (secondary N) is 3. The summed E-state index contributed by atoms with van der Waals surface area (Å²) in [5.41, 5.74) is 1.94. The van der Waals surface area contributed by atoms with Crippen LogP contribution in [0.15, 0.2) is 30.3 Å². The van der Waals surface area contributed by atoms with Crippen molar-refractivity contribution in [2.45, 2.75) is 6.92 Å². The molecule has 9 heteroatoms. The number of hydrogen-bond acceptors (Lipinski definition) is 7. The van der Waals surface area contributed by atoms with Crippen LogP contribution in [0.3, 0.4) is 0 Å². The third kappa shape index (κ3) is 4.65. The Balaban J connectivity index is 1.64. The van der Waals surface area contributed by atoms with Crippen LogP contribution in [0, 0.1) is 6.92 Å². The Hall–Kier alpha value is -2.97. The van der Waals surface area contributed by atoms with E-state index in [1.54, 1.807) is 0 Å². The molecule has 0 bridgehead atoms. The Morgan fingerprint density at radius 1 is 1.11 bits per heavy atom. The zero-order valence-electron chi connectivity index (χ0n) is 15.5. The van der Waals surface area contributed by atoms with E-state index in [1.165, 1.54) is 0 Å². The largest absolute Gasteiger partial charge is 0.338 e. The van der Waals surface area contributed by atoms with Gasteiger partial charge in [-0.2, -0.15) is 20.1 Å². The lowest BCUT2D eigenvalue weighted by molar-refractivity contribution is 0.579. The van der Waals surface area contributed by atoms with E-state index in [2.05, 4.69) is 40.7 Å². The van der Waals surface area contributed by atoms with Gasteiger partial charge in [0.15, 0.2) is 11.6 Å². The van der Waals surface area contributed by atoms with Crippen LogP contribution in [0.4, 0.5) is 17.7 Å². The van der Waals surface area contributed by atoms with Crippen LogP contribution in [-0.2, 0) is 0 Å². The SMILES string of the molecule is Cc1cc(Nc2nc(/C=C/c3cccc(Cl)c3)nc(N3CCNCC3)n2)n[nH]1. The molecule has 0 atom stereocenters. The lowest BCUT2D eigenvalue weighted by Crippen LogP contribution is -2.44. The molecular weight excluding hydrogens is 376 g/mol. The minimum Gasteiger partial charge on any atom is -0.338 e. The highest BCUT2D eigenvalue weighted by Crippen LogP contribution is 2.18. The van der Waals surface area contributed by atoms with Crippen molar-refractivity contribution < 1.29 is 0 Å². The molecule has 0 radical (unpaired) electrons. The summed E-state index contributed by atoms with van der Waals surface area (Å²) >= 11 is 6.06. The van der Waals surface area contributed by atoms with Gasteiger partial charge in [-0.25, -0.2) is 0 Å². The molecule has 1 aromatic carbocycles. The van der Waals surface area contributed by atoms with Gasteiger partial charge in [0, 0.05) is 43.0 Å². The maximum absolute atomic E-state index is 6.06. The van der Waals surface area contributed by atoms with Crippen molar-refractivity contribution in [2.75, 3.05) is 36.4 Å². The molecule has 0 spiro atoms. The maximum Gasteiger partial charge on any atom is 0.233 e. The van der Waals surface area contributed by atoms with E-state index < -0.39 is 0 Å². The highest BCUT2D eigenvalue weighted by Gasteiger charge is 2.16. The van der Waals surface area contributed by atoms with E-state index in [-0.39, 0.29) is 0 Å². The molecule has 3 heterocycles. The Labute approximate surface area is 168 Å². The second-order valence-electron chi connectivity index (χ2n) is 6.50. The molecule has 2 aromatic heterocycles. The molecule has 8 nitrogen and oxygen atoms in total. The fraction of sp³-hybridized carbons (Fsp3) is 0.263. The molecule has 3 N–H and O–H groups in total. The van der Waals surface area contributed by atoms with Crippen LogP contribution < -0.4 is 15.5 Å². The summed E-state index contributed by atoms with van der Waals surface area (Å²) < 4.78 is 0. The van der Waals surface area contributed by atoms with Crippen molar-refractivity contribution in [3.05, 3.63) is 52.4 Å². The predicted octanol–water partition coefficient (Wildman–Crippen LogP) is 2.88. The summed E-state index contributed by atoms with van der Waals surface area (Å²) in [6, 6.07) is 9.52. The Bertz CT molecular complexity index is 978. The van der Waals surface area contributed by atoms with Crippen molar-refractivity contribution in [1.82, 2.24) is 30.5 Å². The minimum absolute atomic E-state index is 0.459. The van der Waals surface area contributed by atoms with Gasteiger partial charge in [-0.05, 0) is 30.7 Å². The molecule has 3 aromatic rings. The van der Waals surface area contributed by atoms with Gasteiger partial charge in [-0.1, -0.05) is 29.8 Å². The summed E-state index contributed by atoms with van der Waals surface area (Å²) in [7, 11) is 0. The Kier molecular flexibility index (Phi) is 5.50. The summed E-state index contributed by atoms with van der Waals surface area (Å²) in [5.74, 6) is 2.34. The minimum atomic E-state index is 0.459. The number of anilines is 3. The van der Waals surface area contributed by atoms with Crippen LogP contribution in [0.1, 0.15) is 17.1 Å². The maximum atomic E-state index is 6.06. The number of aromatic amines is 1. The number of H-pyrrole nitrogens is 1. The predicted molar refractivity (Wildman–Crippen MR) is 112 cm³/mol. The lowest BCUT2D eigenvalue weighted by atomic mass is 10.2. The van der Waals surface area contributed by atoms with Crippen LogP contribution in [0.5, 0.6) is 0 Å². The molecule has 144 valence electrons. The summed E-state index contributed by atoms with van der Waals surface area (Å²) in [4.78, 5) is 15.9. The molecule has 0 unspecified atom stereocenters. The van der Waals surface area contributed by atoms with Gasteiger partial charge in [0.1, 0.15) is 0 Å². The summed E-state index contributed by atoms with van der Waals surface area (Å²) in [6.07, 6.45) is 3.80. The van der Waals surface area contributed by atoms with Gasteiger partial charge in [0.25, 0.3) is 0 Å². The first-order valence-corrected chi connectivity index (χ1v) is 9.48. The van der Waals surface area contributed by atoms with Crippen LogP contribution in [-0.4, -0.2) is 51.3 Å². The first-order chi connectivity index (χ1) is 13.7. The average molecular weight is 397 g/mol. The van der Waals surface area contributed by atoms with E-state index in [9.17, 15) is 0 Å². The van der Waals surface area contributed by atoms with Crippen LogP contribution in [0.25, 0.3) is 12.2 Å². The van der Waals surface area contributed by atoms with Gasteiger partial charge in [-0.3, -0.25) is 5.10 Å². The molecule has 1 aliphatic heterocycles. The van der Waals surface area contributed by atoms with Gasteiger partial charge in [0.05, 0.1) is 0 Å². The van der Waals surface area contributed by atoms with E-state index in [1.807, 2.05) is 49.4 Å². The molecule has 0 amide bonds. The van der Waals surface area contributed by atoms with Gasteiger partial charge in [0.2, 0.25) is 11.9 Å². The number of aryl methyl sites for hydroxylation is 1. The second kappa shape index (κ2) is 8.37. The van der Waals surface area contributed by atoms with E-state index in [4.69, 9.17) is 11.6 Å². The van der Waals surface area contributed by atoms with Gasteiger partial charge >= 0.3 is 0 Å². The molecule has 0 aliphatic carbocycles. The number of piperazine rings is 1. The molecular formula is C19H21ClN8. The molecule has 4 rings (SSSR count).